The van der Waals surface area contributed by atoms with Crippen molar-refractivity contribution in [2.75, 3.05) is 39.6 Å². The molecule has 0 radical (unpaired) electrons. The standard InChI is InChI=1S/C78H152O17P2/c1-7-10-12-14-16-18-20-22-24-25-26-27-28-29-30-32-34-36-38-42-50-56-62-77(82)94-73(66-88-75(80)60-54-48-41-37-35-33-31-23-21-19-17-15-13-11-8-2)68-92-96(84,85)90-64-72(79)65-91-97(86,87)93-69-74(95-78(83)63-57-51-43-39-40-46-52-58-70(4)5)67-89-76(81)61-55-49-45-44-47-53-59-71(6)9-3/h70-74,79H,7-69H2,1-6H3,(H,84,85)(H,86,87)/t71?,72-,73-,74-/m1/s1. The summed E-state index contributed by atoms with van der Waals surface area (Å²) < 4.78 is 68.5. The van der Waals surface area contributed by atoms with Gasteiger partial charge >= 0.3 is 39.5 Å². The van der Waals surface area contributed by atoms with Crippen molar-refractivity contribution in [2.45, 2.75) is 426 Å². The van der Waals surface area contributed by atoms with Crippen LogP contribution in [0.2, 0.25) is 0 Å². The van der Waals surface area contributed by atoms with Crippen LogP contribution < -0.4 is 0 Å². The first-order chi connectivity index (χ1) is 46.9. The number of rotatable bonds is 77. The van der Waals surface area contributed by atoms with E-state index in [9.17, 15) is 43.2 Å². The number of unbranched alkanes of at least 4 members (excludes halogenated alkanes) is 46. The largest absolute Gasteiger partial charge is 0.472 e. The molecule has 0 amide bonds. The van der Waals surface area contributed by atoms with E-state index in [2.05, 4.69) is 41.5 Å². The summed E-state index contributed by atoms with van der Waals surface area (Å²) >= 11 is 0. The van der Waals surface area contributed by atoms with E-state index >= 15 is 0 Å². The maximum Gasteiger partial charge on any atom is 0.472 e. The average Bonchev–Trinajstić information content (AvgIpc) is 1.37. The Labute approximate surface area is 594 Å². The topological polar surface area (TPSA) is 237 Å². The van der Waals surface area contributed by atoms with E-state index in [1.54, 1.807) is 0 Å². The lowest BCUT2D eigenvalue weighted by molar-refractivity contribution is -0.161. The van der Waals surface area contributed by atoms with E-state index < -0.39 is 97.5 Å². The van der Waals surface area contributed by atoms with Gasteiger partial charge in [-0.3, -0.25) is 37.3 Å². The number of esters is 4. The maximum atomic E-state index is 13.1. The number of phosphoric acid groups is 2. The van der Waals surface area contributed by atoms with Gasteiger partial charge in [0.25, 0.3) is 0 Å². The van der Waals surface area contributed by atoms with Crippen molar-refractivity contribution in [2.24, 2.45) is 11.8 Å². The third kappa shape index (κ3) is 70.9. The van der Waals surface area contributed by atoms with E-state index in [1.807, 2.05) is 0 Å². The first-order valence-electron chi connectivity index (χ1n) is 40.5. The second-order valence-electron chi connectivity index (χ2n) is 28.8. The highest BCUT2D eigenvalue weighted by atomic mass is 31.2. The fourth-order valence-corrected chi connectivity index (χ4v) is 13.6. The number of aliphatic hydroxyl groups is 1. The van der Waals surface area contributed by atoms with Gasteiger partial charge in [-0.15, -0.1) is 0 Å². The second kappa shape index (κ2) is 69.8. The van der Waals surface area contributed by atoms with E-state index in [4.69, 9.17) is 37.0 Å². The Balaban J connectivity index is 5.18. The van der Waals surface area contributed by atoms with Crippen molar-refractivity contribution >= 4 is 39.5 Å². The summed E-state index contributed by atoms with van der Waals surface area (Å²) in [6.45, 7) is 9.50. The predicted octanol–water partition coefficient (Wildman–Crippen LogP) is 23.1. The third-order valence-corrected chi connectivity index (χ3v) is 20.5. The van der Waals surface area contributed by atoms with Crippen molar-refractivity contribution in [3.63, 3.8) is 0 Å². The van der Waals surface area contributed by atoms with Crippen LogP contribution >= 0.6 is 15.6 Å². The molecule has 0 aliphatic rings. The Morgan fingerprint density at radius 2 is 0.526 bits per heavy atom. The minimum atomic E-state index is -4.96. The SMILES string of the molecule is CCCCCCCCCCCCCCCCCCCCCCCCC(=O)O[C@H](COC(=O)CCCCCCCCCCCCCCCCC)COP(=O)(O)OC[C@@H](O)COP(=O)(O)OC[C@@H](COC(=O)CCCCCCCCC(C)CC)OC(=O)CCCCCCCCCC(C)C. The molecule has 0 aromatic heterocycles. The van der Waals surface area contributed by atoms with Gasteiger partial charge < -0.3 is 33.8 Å². The quantitative estimate of drug-likeness (QED) is 0.0222. The van der Waals surface area contributed by atoms with E-state index in [-0.39, 0.29) is 25.7 Å². The highest BCUT2D eigenvalue weighted by molar-refractivity contribution is 7.47. The van der Waals surface area contributed by atoms with Crippen LogP contribution in [-0.2, 0) is 65.4 Å². The van der Waals surface area contributed by atoms with Crippen LogP contribution in [0.4, 0.5) is 0 Å². The molecule has 0 saturated carbocycles. The van der Waals surface area contributed by atoms with E-state index in [0.29, 0.717) is 31.6 Å². The van der Waals surface area contributed by atoms with Gasteiger partial charge in [0.05, 0.1) is 26.4 Å². The Morgan fingerprint density at radius 1 is 0.299 bits per heavy atom. The third-order valence-electron chi connectivity index (χ3n) is 18.6. The molecule has 0 spiro atoms. The zero-order valence-corrected chi connectivity index (χ0v) is 65.2. The number of hydrogen-bond donors (Lipinski definition) is 3. The molecule has 0 bridgehead atoms. The molecule has 0 rings (SSSR count). The first-order valence-corrected chi connectivity index (χ1v) is 43.5. The van der Waals surface area contributed by atoms with Gasteiger partial charge in [0, 0.05) is 25.7 Å². The van der Waals surface area contributed by atoms with Crippen molar-refractivity contribution in [1.29, 1.82) is 0 Å². The zero-order valence-electron chi connectivity index (χ0n) is 63.4. The molecule has 0 aromatic rings. The van der Waals surface area contributed by atoms with Crippen LogP contribution in [0.3, 0.4) is 0 Å². The van der Waals surface area contributed by atoms with Crippen LogP contribution in [-0.4, -0.2) is 96.7 Å². The maximum absolute atomic E-state index is 13.1. The molecule has 3 N–H and O–H groups in total. The Bertz CT molecular complexity index is 1870. The summed E-state index contributed by atoms with van der Waals surface area (Å²) in [7, 11) is -9.91. The molecule has 0 saturated heterocycles. The van der Waals surface area contributed by atoms with Crippen LogP contribution in [0.15, 0.2) is 0 Å². The highest BCUT2D eigenvalue weighted by Gasteiger charge is 2.30. The predicted molar refractivity (Wildman–Crippen MR) is 395 cm³/mol. The highest BCUT2D eigenvalue weighted by Crippen LogP contribution is 2.45. The number of phosphoric ester groups is 2. The smallest absolute Gasteiger partial charge is 0.462 e. The lowest BCUT2D eigenvalue weighted by Crippen LogP contribution is -2.30. The molecule has 6 atom stereocenters. The van der Waals surface area contributed by atoms with Gasteiger partial charge in [0.1, 0.15) is 19.3 Å². The summed E-state index contributed by atoms with van der Waals surface area (Å²) in [6.07, 6.45) is 58.6. The zero-order chi connectivity index (χ0) is 71.4. The monoisotopic (exact) mass is 1420 g/mol. The molecule has 576 valence electrons. The van der Waals surface area contributed by atoms with E-state index in [1.165, 1.54) is 218 Å². The Hall–Kier alpha value is -1.94. The second-order valence-corrected chi connectivity index (χ2v) is 31.7. The van der Waals surface area contributed by atoms with Crippen molar-refractivity contribution in [3.8, 4) is 0 Å². The van der Waals surface area contributed by atoms with E-state index in [0.717, 1.165) is 102 Å². The lowest BCUT2D eigenvalue weighted by Gasteiger charge is -2.21. The minimum absolute atomic E-state index is 0.103. The van der Waals surface area contributed by atoms with Gasteiger partial charge in [-0.05, 0) is 37.5 Å². The van der Waals surface area contributed by atoms with Crippen LogP contribution in [0.25, 0.3) is 0 Å². The van der Waals surface area contributed by atoms with Crippen LogP contribution in [0.5, 0.6) is 0 Å². The fourth-order valence-electron chi connectivity index (χ4n) is 12.0. The molecular weight excluding hydrogens is 1270 g/mol. The van der Waals surface area contributed by atoms with Crippen LogP contribution in [0, 0.1) is 11.8 Å². The number of carbonyl (C=O) groups excluding carboxylic acids is 4. The van der Waals surface area contributed by atoms with Crippen LogP contribution in [0.1, 0.15) is 408 Å². The minimum Gasteiger partial charge on any atom is -0.462 e. The average molecular weight is 1420 g/mol. The summed E-state index contributed by atoms with van der Waals surface area (Å²) in [5.41, 5.74) is 0. The fraction of sp³-hybridized carbons (Fsp3) is 0.949. The molecule has 0 aromatic carbocycles. The number of hydrogen-bond acceptors (Lipinski definition) is 15. The van der Waals surface area contributed by atoms with Gasteiger partial charge in [-0.1, -0.05) is 356 Å². The summed E-state index contributed by atoms with van der Waals surface area (Å²) in [4.78, 5) is 72.8. The molecule has 97 heavy (non-hydrogen) atoms. The molecule has 0 aliphatic carbocycles. The molecule has 0 heterocycles. The summed E-state index contributed by atoms with van der Waals surface area (Å²) in [5.74, 6) is -0.692. The molecule has 3 unspecified atom stereocenters. The van der Waals surface area contributed by atoms with Gasteiger partial charge in [0.2, 0.25) is 0 Å². The first kappa shape index (κ1) is 95.1. The van der Waals surface area contributed by atoms with Gasteiger partial charge in [-0.25, -0.2) is 9.13 Å². The normalized spacial score (nSPS) is 14.2. The molecule has 0 aliphatic heterocycles. The number of carbonyl (C=O) groups is 4. The Morgan fingerprint density at radius 3 is 0.784 bits per heavy atom. The molecular formula is C78H152O17P2. The molecule has 19 heteroatoms. The van der Waals surface area contributed by atoms with Crippen molar-refractivity contribution in [3.05, 3.63) is 0 Å². The number of aliphatic hydroxyl groups excluding tert-OH is 1. The molecule has 0 fully saturated rings. The number of ether oxygens (including phenoxy) is 4. The van der Waals surface area contributed by atoms with Crippen molar-refractivity contribution in [1.82, 2.24) is 0 Å². The van der Waals surface area contributed by atoms with Gasteiger partial charge in [-0.2, -0.15) is 0 Å². The summed E-state index contributed by atoms with van der Waals surface area (Å²) in [6, 6.07) is 0. The Kier molecular flexibility index (Phi) is 68.4. The lowest BCUT2D eigenvalue weighted by atomic mass is 10.00. The van der Waals surface area contributed by atoms with Crippen molar-refractivity contribution < 1.29 is 80.2 Å². The molecule has 17 nitrogen and oxygen atoms in total. The summed E-state index contributed by atoms with van der Waals surface area (Å²) in [5, 5.41) is 10.6. The van der Waals surface area contributed by atoms with Gasteiger partial charge in [0.15, 0.2) is 12.2 Å².